The molecule has 2 aromatic carbocycles. The van der Waals surface area contributed by atoms with Crippen LogP contribution in [0, 0.1) is 5.41 Å². The van der Waals surface area contributed by atoms with Gasteiger partial charge in [-0.15, -0.1) is 0 Å². The first-order valence-corrected chi connectivity index (χ1v) is 8.87. The van der Waals surface area contributed by atoms with E-state index >= 15 is 0 Å². The van der Waals surface area contributed by atoms with E-state index in [0.717, 1.165) is 43.7 Å². The highest BCUT2D eigenvalue weighted by atomic mass is 16.5. The number of ether oxygens (including phenoxy) is 1. The van der Waals surface area contributed by atoms with Crippen molar-refractivity contribution >= 4 is 0 Å². The van der Waals surface area contributed by atoms with E-state index in [9.17, 15) is 10.2 Å². The maximum Gasteiger partial charge on any atom is 0.120 e. The molecular formula is C21H27NO3. The number of phenols is 1. The fraction of sp³-hybridized carbons (Fsp3) is 0.429. The predicted octanol–water partition coefficient (Wildman–Crippen LogP) is 3.22. The first kappa shape index (κ1) is 17.8. The molecule has 0 unspecified atom stereocenters. The zero-order valence-corrected chi connectivity index (χ0v) is 14.8. The molecule has 3 rings (SSSR count). The lowest BCUT2D eigenvalue weighted by molar-refractivity contribution is 0.0411. The minimum absolute atomic E-state index is 0.0335. The molecule has 0 amide bonds. The second kappa shape index (κ2) is 7.89. The lowest BCUT2D eigenvalue weighted by atomic mass is 9.74. The second-order valence-corrected chi connectivity index (χ2v) is 7.09. The molecule has 0 aliphatic carbocycles. The molecular weight excluding hydrogens is 314 g/mol. The lowest BCUT2D eigenvalue weighted by Crippen LogP contribution is -2.42. The number of aliphatic hydroxyl groups is 1. The fourth-order valence-electron chi connectivity index (χ4n) is 3.66. The third kappa shape index (κ3) is 4.33. The largest absolute Gasteiger partial charge is 0.508 e. The van der Waals surface area contributed by atoms with Crippen LogP contribution in [-0.4, -0.2) is 41.9 Å². The molecule has 1 saturated heterocycles. The topological polar surface area (TPSA) is 52.9 Å². The number of nitrogens with zero attached hydrogens (tertiary/aromatic N) is 1. The zero-order valence-electron chi connectivity index (χ0n) is 14.8. The number of phenolic OH excluding ortho intramolecular Hbond substituents is 1. The van der Waals surface area contributed by atoms with E-state index in [1.165, 1.54) is 5.56 Å². The van der Waals surface area contributed by atoms with Crippen LogP contribution >= 0.6 is 0 Å². The van der Waals surface area contributed by atoms with Crippen molar-refractivity contribution in [1.29, 1.82) is 0 Å². The van der Waals surface area contributed by atoms with Crippen molar-refractivity contribution in [3.05, 3.63) is 59.7 Å². The Kier molecular flexibility index (Phi) is 5.61. The van der Waals surface area contributed by atoms with Gasteiger partial charge in [0, 0.05) is 18.7 Å². The monoisotopic (exact) mass is 341 g/mol. The minimum atomic E-state index is -0.0335. The van der Waals surface area contributed by atoms with Gasteiger partial charge in [-0.05, 0) is 61.5 Å². The van der Waals surface area contributed by atoms with Crippen molar-refractivity contribution < 1.29 is 14.9 Å². The molecule has 1 aliphatic rings. The molecule has 1 aliphatic heterocycles. The van der Waals surface area contributed by atoms with Crippen LogP contribution in [0.5, 0.6) is 11.5 Å². The molecule has 0 bridgehead atoms. The number of hydrogen-bond acceptors (Lipinski definition) is 4. The third-order valence-electron chi connectivity index (χ3n) is 5.35. The molecule has 1 heterocycles. The molecule has 0 spiro atoms. The summed E-state index contributed by atoms with van der Waals surface area (Å²) in [6.07, 6.45) is 2.84. The van der Waals surface area contributed by atoms with Crippen LogP contribution < -0.4 is 4.74 Å². The lowest BCUT2D eigenvalue weighted by Gasteiger charge is -2.41. The van der Waals surface area contributed by atoms with Gasteiger partial charge in [-0.25, -0.2) is 0 Å². The summed E-state index contributed by atoms with van der Waals surface area (Å²) in [6.45, 7) is 2.77. The molecule has 25 heavy (non-hydrogen) atoms. The van der Waals surface area contributed by atoms with Crippen LogP contribution in [0.3, 0.4) is 0 Å². The molecule has 1 fully saturated rings. The van der Waals surface area contributed by atoms with Crippen molar-refractivity contribution in [2.45, 2.75) is 25.8 Å². The maximum atomic E-state index is 10.1. The van der Waals surface area contributed by atoms with Gasteiger partial charge < -0.3 is 14.9 Å². The standard InChI is InChI=1S/C21H27NO3/c1-25-19-7-8-20(24)18(13-19)15-22-11-9-21(16-23,10-12-22)14-17-5-3-2-4-6-17/h2-8,13,23-24H,9-12,14-16H2,1H3. The van der Waals surface area contributed by atoms with E-state index in [-0.39, 0.29) is 12.0 Å². The van der Waals surface area contributed by atoms with Gasteiger partial charge in [-0.3, -0.25) is 4.90 Å². The summed E-state index contributed by atoms with van der Waals surface area (Å²) in [4.78, 5) is 2.34. The SMILES string of the molecule is COc1ccc(O)c(CN2CCC(CO)(Cc3ccccc3)CC2)c1. The first-order valence-electron chi connectivity index (χ1n) is 8.87. The Morgan fingerprint density at radius 1 is 1.08 bits per heavy atom. The number of methoxy groups -OCH3 is 1. The summed E-state index contributed by atoms with van der Waals surface area (Å²) in [5.41, 5.74) is 2.14. The average Bonchev–Trinajstić information content (AvgIpc) is 2.66. The third-order valence-corrected chi connectivity index (χ3v) is 5.35. The van der Waals surface area contributed by atoms with E-state index in [1.54, 1.807) is 19.2 Å². The molecule has 0 aromatic heterocycles. The Labute approximate surface area is 149 Å². The number of hydrogen-bond donors (Lipinski definition) is 2. The van der Waals surface area contributed by atoms with Crippen LogP contribution in [0.2, 0.25) is 0 Å². The molecule has 2 N–H and O–H groups in total. The van der Waals surface area contributed by atoms with Gasteiger partial charge in [-0.2, -0.15) is 0 Å². The van der Waals surface area contributed by atoms with E-state index in [4.69, 9.17) is 4.74 Å². The van der Waals surface area contributed by atoms with Crippen molar-refractivity contribution in [3.63, 3.8) is 0 Å². The van der Waals surface area contributed by atoms with E-state index < -0.39 is 0 Å². The number of aromatic hydroxyl groups is 1. The molecule has 0 atom stereocenters. The quantitative estimate of drug-likeness (QED) is 0.847. The molecule has 0 radical (unpaired) electrons. The normalized spacial score (nSPS) is 17.4. The smallest absolute Gasteiger partial charge is 0.120 e. The minimum Gasteiger partial charge on any atom is -0.508 e. The Hall–Kier alpha value is -2.04. The van der Waals surface area contributed by atoms with Crippen molar-refractivity contribution in [2.24, 2.45) is 5.41 Å². The highest BCUT2D eigenvalue weighted by Crippen LogP contribution is 2.36. The molecule has 2 aromatic rings. The van der Waals surface area contributed by atoms with Gasteiger partial charge in [0.05, 0.1) is 7.11 Å². The molecule has 4 heteroatoms. The Morgan fingerprint density at radius 2 is 1.80 bits per heavy atom. The van der Waals surface area contributed by atoms with Crippen molar-refractivity contribution in [1.82, 2.24) is 4.90 Å². The number of aliphatic hydroxyl groups excluding tert-OH is 1. The van der Waals surface area contributed by atoms with Gasteiger partial charge in [0.25, 0.3) is 0 Å². The molecule has 4 nitrogen and oxygen atoms in total. The van der Waals surface area contributed by atoms with Crippen molar-refractivity contribution in [2.75, 3.05) is 26.8 Å². The number of rotatable bonds is 6. The summed E-state index contributed by atoms with van der Waals surface area (Å²) in [7, 11) is 1.64. The van der Waals surface area contributed by atoms with E-state index in [2.05, 4.69) is 29.2 Å². The first-order chi connectivity index (χ1) is 12.1. The highest BCUT2D eigenvalue weighted by molar-refractivity contribution is 5.39. The summed E-state index contributed by atoms with van der Waals surface area (Å²) < 4.78 is 5.25. The zero-order chi connectivity index (χ0) is 17.7. The summed E-state index contributed by atoms with van der Waals surface area (Å²) in [5, 5.41) is 20.1. The summed E-state index contributed by atoms with van der Waals surface area (Å²) in [6, 6.07) is 15.8. The van der Waals surface area contributed by atoms with Crippen LogP contribution in [0.25, 0.3) is 0 Å². The maximum absolute atomic E-state index is 10.1. The van der Waals surface area contributed by atoms with Gasteiger partial charge in [-0.1, -0.05) is 30.3 Å². The number of piperidine rings is 1. The summed E-state index contributed by atoms with van der Waals surface area (Å²) >= 11 is 0. The van der Waals surface area contributed by atoms with Gasteiger partial charge in [0.15, 0.2) is 0 Å². The van der Waals surface area contributed by atoms with E-state index in [1.807, 2.05) is 12.1 Å². The Morgan fingerprint density at radius 3 is 2.44 bits per heavy atom. The predicted molar refractivity (Wildman–Crippen MR) is 98.8 cm³/mol. The van der Waals surface area contributed by atoms with Crippen LogP contribution in [0.15, 0.2) is 48.5 Å². The van der Waals surface area contributed by atoms with Crippen LogP contribution in [0.4, 0.5) is 0 Å². The average molecular weight is 341 g/mol. The second-order valence-electron chi connectivity index (χ2n) is 7.09. The molecule has 134 valence electrons. The van der Waals surface area contributed by atoms with Gasteiger partial charge in [0.2, 0.25) is 0 Å². The Bertz CT molecular complexity index is 679. The van der Waals surface area contributed by atoms with Gasteiger partial charge >= 0.3 is 0 Å². The highest BCUT2D eigenvalue weighted by Gasteiger charge is 2.34. The fourth-order valence-corrected chi connectivity index (χ4v) is 3.66. The van der Waals surface area contributed by atoms with Crippen molar-refractivity contribution in [3.8, 4) is 11.5 Å². The number of likely N-dealkylation sites (tertiary alicyclic amines) is 1. The molecule has 0 saturated carbocycles. The van der Waals surface area contributed by atoms with Crippen LogP contribution in [0.1, 0.15) is 24.0 Å². The van der Waals surface area contributed by atoms with Crippen LogP contribution in [-0.2, 0) is 13.0 Å². The van der Waals surface area contributed by atoms with Gasteiger partial charge in [0.1, 0.15) is 11.5 Å². The summed E-state index contributed by atoms with van der Waals surface area (Å²) in [5.74, 6) is 1.07. The Balaban J connectivity index is 1.62. The van der Waals surface area contributed by atoms with E-state index in [0.29, 0.717) is 12.3 Å². The number of benzene rings is 2.